The van der Waals surface area contributed by atoms with Crippen LogP contribution in [0.4, 0.5) is 17.1 Å². The average molecular weight is 387 g/mol. The van der Waals surface area contributed by atoms with E-state index >= 15 is 0 Å². The van der Waals surface area contributed by atoms with Crippen molar-refractivity contribution >= 4 is 23.0 Å². The van der Waals surface area contributed by atoms with Crippen LogP contribution in [-0.4, -0.2) is 17.4 Å². The van der Waals surface area contributed by atoms with E-state index in [2.05, 4.69) is 34.5 Å². The minimum atomic E-state index is -0.448. The molecule has 0 aliphatic carbocycles. The van der Waals surface area contributed by atoms with E-state index in [1.807, 2.05) is 12.1 Å². The minimum absolute atomic E-state index is 0.0101. The summed E-state index contributed by atoms with van der Waals surface area (Å²) < 4.78 is 0. The van der Waals surface area contributed by atoms with Crippen molar-refractivity contribution in [1.82, 2.24) is 0 Å². The van der Waals surface area contributed by atoms with Crippen molar-refractivity contribution in [3.8, 4) is 0 Å². The van der Waals surface area contributed by atoms with Crippen LogP contribution in [0.5, 0.6) is 0 Å². The number of benzene rings is 3. The van der Waals surface area contributed by atoms with Crippen LogP contribution in [0.3, 0.4) is 0 Å². The van der Waals surface area contributed by atoms with Gasteiger partial charge in [-0.25, -0.2) is 0 Å². The molecule has 0 fully saturated rings. The summed E-state index contributed by atoms with van der Waals surface area (Å²) in [5.74, 6) is -0.285. The first-order chi connectivity index (χ1) is 14.0. The summed E-state index contributed by atoms with van der Waals surface area (Å²) in [6.07, 6.45) is 1.05. The summed E-state index contributed by atoms with van der Waals surface area (Å²) in [5, 5.41) is 13.8. The van der Waals surface area contributed by atoms with Gasteiger partial charge in [0.25, 0.3) is 11.6 Å². The molecule has 29 heavy (non-hydrogen) atoms. The Balaban J connectivity index is 1.45. The molecule has 1 heterocycles. The van der Waals surface area contributed by atoms with Crippen LogP contribution in [0.1, 0.15) is 27.0 Å². The van der Waals surface area contributed by atoms with E-state index in [-0.39, 0.29) is 11.6 Å². The van der Waals surface area contributed by atoms with E-state index in [0.717, 1.165) is 25.1 Å². The lowest BCUT2D eigenvalue weighted by Gasteiger charge is -2.19. The van der Waals surface area contributed by atoms with E-state index in [0.29, 0.717) is 16.8 Å². The first kappa shape index (κ1) is 18.7. The van der Waals surface area contributed by atoms with E-state index in [4.69, 9.17) is 0 Å². The Bertz CT molecular complexity index is 1080. The molecule has 0 unspecified atom stereocenters. The number of anilines is 2. The van der Waals surface area contributed by atoms with Gasteiger partial charge in [0.1, 0.15) is 0 Å². The number of rotatable bonds is 5. The van der Waals surface area contributed by atoms with Crippen LogP contribution in [-0.2, 0) is 13.0 Å². The van der Waals surface area contributed by atoms with Gasteiger partial charge in [0, 0.05) is 30.4 Å². The van der Waals surface area contributed by atoms with Crippen molar-refractivity contribution in [3.63, 3.8) is 0 Å². The predicted molar refractivity (Wildman–Crippen MR) is 113 cm³/mol. The monoisotopic (exact) mass is 387 g/mol. The number of amides is 1. The second-order valence-corrected chi connectivity index (χ2v) is 7.16. The highest BCUT2D eigenvalue weighted by atomic mass is 16.6. The molecule has 3 aromatic rings. The number of hydrogen-bond acceptors (Lipinski definition) is 4. The molecule has 1 N–H and O–H groups in total. The third kappa shape index (κ3) is 3.82. The van der Waals surface area contributed by atoms with Gasteiger partial charge in [-0.15, -0.1) is 0 Å². The Morgan fingerprint density at radius 3 is 2.59 bits per heavy atom. The summed E-state index contributed by atoms with van der Waals surface area (Å²) in [7, 11) is 0. The fourth-order valence-corrected chi connectivity index (χ4v) is 3.70. The maximum absolute atomic E-state index is 12.6. The van der Waals surface area contributed by atoms with Crippen molar-refractivity contribution in [2.75, 3.05) is 16.8 Å². The highest BCUT2D eigenvalue weighted by molar-refractivity contribution is 6.04. The molecule has 6 nitrogen and oxygen atoms in total. The SMILES string of the molecule is Cc1c(NC(=O)c2ccc(CN3CCc4ccccc43)cc2)cccc1[N+](=O)[O-]. The van der Waals surface area contributed by atoms with Crippen molar-refractivity contribution in [3.05, 3.63) is 99.1 Å². The molecule has 0 atom stereocenters. The number of nitrogens with one attached hydrogen (secondary N) is 1. The molecule has 0 saturated carbocycles. The Morgan fingerprint density at radius 2 is 1.83 bits per heavy atom. The molecule has 3 aromatic carbocycles. The number of carbonyl (C=O) groups is 1. The van der Waals surface area contributed by atoms with Crippen LogP contribution in [0.2, 0.25) is 0 Å². The van der Waals surface area contributed by atoms with Gasteiger partial charge in [-0.05, 0) is 48.7 Å². The average Bonchev–Trinajstić information content (AvgIpc) is 3.13. The zero-order valence-corrected chi connectivity index (χ0v) is 16.1. The zero-order chi connectivity index (χ0) is 20.4. The second kappa shape index (κ2) is 7.75. The Kier molecular flexibility index (Phi) is 4.99. The molecular weight excluding hydrogens is 366 g/mol. The molecule has 146 valence electrons. The maximum atomic E-state index is 12.6. The smallest absolute Gasteiger partial charge is 0.274 e. The topological polar surface area (TPSA) is 75.5 Å². The van der Waals surface area contributed by atoms with Gasteiger partial charge in [-0.2, -0.15) is 0 Å². The highest BCUT2D eigenvalue weighted by Crippen LogP contribution is 2.29. The van der Waals surface area contributed by atoms with Crippen LogP contribution < -0.4 is 10.2 Å². The van der Waals surface area contributed by atoms with Gasteiger partial charge in [0.05, 0.1) is 16.2 Å². The summed E-state index contributed by atoms with van der Waals surface area (Å²) in [5.41, 5.74) is 5.17. The molecule has 1 amide bonds. The third-order valence-electron chi connectivity index (χ3n) is 5.32. The number of fused-ring (bicyclic) bond motifs is 1. The summed E-state index contributed by atoms with van der Waals surface area (Å²) >= 11 is 0. The Morgan fingerprint density at radius 1 is 1.07 bits per heavy atom. The van der Waals surface area contributed by atoms with E-state index in [9.17, 15) is 14.9 Å². The number of nitro benzene ring substituents is 1. The summed E-state index contributed by atoms with van der Waals surface area (Å²) in [6, 6.07) is 20.6. The van der Waals surface area contributed by atoms with E-state index in [1.54, 1.807) is 31.2 Å². The maximum Gasteiger partial charge on any atom is 0.274 e. The first-order valence-electron chi connectivity index (χ1n) is 9.50. The van der Waals surface area contributed by atoms with Crippen molar-refractivity contribution in [2.24, 2.45) is 0 Å². The van der Waals surface area contributed by atoms with Crippen molar-refractivity contribution in [1.29, 1.82) is 0 Å². The number of nitro groups is 1. The molecule has 0 bridgehead atoms. The van der Waals surface area contributed by atoms with Gasteiger partial charge in [-0.3, -0.25) is 14.9 Å². The molecule has 0 saturated heterocycles. The van der Waals surface area contributed by atoms with Crippen molar-refractivity contribution < 1.29 is 9.72 Å². The standard InChI is InChI=1S/C23H21N3O3/c1-16-20(6-4-8-21(16)26(28)29)24-23(27)19-11-9-17(10-12-19)15-25-14-13-18-5-2-3-7-22(18)25/h2-12H,13-15H2,1H3,(H,24,27). The lowest BCUT2D eigenvalue weighted by atomic mass is 10.1. The Hall–Kier alpha value is -3.67. The molecule has 0 aromatic heterocycles. The van der Waals surface area contributed by atoms with Gasteiger partial charge in [0.15, 0.2) is 0 Å². The lowest BCUT2D eigenvalue weighted by molar-refractivity contribution is -0.385. The number of para-hydroxylation sites is 1. The molecule has 0 radical (unpaired) electrons. The largest absolute Gasteiger partial charge is 0.367 e. The molecule has 1 aliphatic heterocycles. The van der Waals surface area contributed by atoms with Crippen LogP contribution in [0, 0.1) is 17.0 Å². The first-order valence-corrected chi connectivity index (χ1v) is 9.50. The Labute approximate surface area is 168 Å². The lowest BCUT2D eigenvalue weighted by Crippen LogP contribution is -2.19. The van der Waals surface area contributed by atoms with Crippen LogP contribution >= 0.6 is 0 Å². The van der Waals surface area contributed by atoms with Gasteiger partial charge < -0.3 is 10.2 Å². The van der Waals surface area contributed by atoms with E-state index in [1.165, 1.54) is 17.3 Å². The fraction of sp³-hybridized carbons (Fsp3) is 0.174. The second-order valence-electron chi connectivity index (χ2n) is 7.16. The summed E-state index contributed by atoms with van der Waals surface area (Å²) in [4.78, 5) is 25.5. The summed E-state index contributed by atoms with van der Waals surface area (Å²) in [6.45, 7) is 3.42. The predicted octanol–water partition coefficient (Wildman–Crippen LogP) is 4.72. The van der Waals surface area contributed by atoms with Gasteiger partial charge >= 0.3 is 0 Å². The van der Waals surface area contributed by atoms with Gasteiger partial charge in [0.2, 0.25) is 0 Å². The van der Waals surface area contributed by atoms with E-state index < -0.39 is 4.92 Å². The highest BCUT2D eigenvalue weighted by Gasteiger charge is 2.19. The number of carbonyl (C=O) groups excluding carboxylic acids is 1. The van der Waals surface area contributed by atoms with Crippen LogP contribution in [0.25, 0.3) is 0 Å². The number of hydrogen-bond donors (Lipinski definition) is 1. The normalized spacial score (nSPS) is 12.5. The zero-order valence-electron chi connectivity index (χ0n) is 16.1. The fourth-order valence-electron chi connectivity index (χ4n) is 3.70. The molecule has 6 heteroatoms. The quantitative estimate of drug-likeness (QED) is 0.508. The third-order valence-corrected chi connectivity index (χ3v) is 5.32. The van der Waals surface area contributed by atoms with Gasteiger partial charge in [-0.1, -0.05) is 36.4 Å². The number of nitrogens with zero attached hydrogens (tertiary/aromatic N) is 2. The molecule has 0 spiro atoms. The van der Waals surface area contributed by atoms with Crippen molar-refractivity contribution in [2.45, 2.75) is 19.9 Å². The molecular formula is C23H21N3O3. The van der Waals surface area contributed by atoms with Crippen LogP contribution in [0.15, 0.2) is 66.7 Å². The molecule has 4 rings (SSSR count). The molecule has 1 aliphatic rings. The minimum Gasteiger partial charge on any atom is -0.367 e.